The van der Waals surface area contributed by atoms with Crippen LogP contribution in [0.3, 0.4) is 0 Å². The standard InChI is InChI=1S/C21H34N2O5.C4H8/c1-4-6-7-11-16(21(27)28-5-2)22-14(3)19(24)23-17-12-9-8-10-15(17)13-18(23)20(25)26;1-3-4-2/h4,6,14-18,22H,5,7-13H2,1-3H3,(H,25,26);3H,1,4H2,2H3/b6-4+;/t14-,15?,16-,17?,18+;/m1./s1. The number of ether oxygens (including phenoxy) is 1. The molecule has 1 saturated heterocycles. The number of nitrogens with one attached hydrogen (secondary N) is 1. The van der Waals surface area contributed by atoms with Gasteiger partial charge >= 0.3 is 11.9 Å². The lowest BCUT2D eigenvalue weighted by molar-refractivity contribution is -0.152. The Labute approximate surface area is 193 Å². The molecule has 2 aliphatic rings. The van der Waals surface area contributed by atoms with E-state index in [0.717, 1.165) is 32.1 Å². The first-order chi connectivity index (χ1) is 15.3. The molecule has 182 valence electrons. The van der Waals surface area contributed by atoms with E-state index >= 15 is 0 Å². The average Bonchev–Trinajstić information content (AvgIpc) is 3.18. The van der Waals surface area contributed by atoms with Gasteiger partial charge in [-0.3, -0.25) is 14.9 Å². The van der Waals surface area contributed by atoms with Crippen molar-refractivity contribution in [1.29, 1.82) is 0 Å². The molecule has 7 heteroatoms. The number of aliphatic carboxylic acids is 1. The number of carboxylic acid groups (broad SMARTS) is 1. The monoisotopic (exact) mass is 450 g/mol. The van der Waals surface area contributed by atoms with Crippen LogP contribution in [0.1, 0.15) is 79.1 Å². The molecule has 2 rings (SSSR count). The lowest BCUT2D eigenvalue weighted by atomic mass is 9.84. The summed E-state index contributed by atoms with van der Waals surface area (Å²) < 4.78 is 5.14. The Hall–Kier alpha value is -2.15. The van der Waals surface area contributed by atoms with Crippen molar-refractivity contribution in [2.75, 3.05) is 6.61 Å². The molecule has 1 saturated carbocycles. The Bertz CT molecular complexity index is 648. The van der Waals surface area contributed by atoms with Gasteiger partial charge in [-0.25, -0.2) is 4.79 Å². The van der Waals surface area contributed by atoms with Gasteiger partial charge in [0.1, 0.15) is 12.1 Å². The molecule has 0 aromatic heterocycles. The van der Waals surface area contributed by atoms with Crippen LogP contribution >= 0.6 is 0 Å². The van der Waals surface area contributed by atoms with Crippen LogP contribution < -0.4 is 5.32 Å². The zero-order chi connectivity index (χ0) is 24.1. The Kier molecular flexibility index (Phi) is 12.9. The largest absolute Gasteiger partial charge is 0.480 e. The summed E-state index contributed by atoms with van der Waals surface area (Å²) in [6.07, 6.45) is 12.5. The minimum Gasteiger partial charge on any atom is -0.480 e. The van der Waals surface area contributed by atoms with E-state index in [4.69, 9.17) is 4.74 Å². The van der Waals surface area contributed by atoms with E-state index in [0.29, 0.717) is 19.3 Å². The summed E-state index contributed by atoms with van der Waals surface area (Å²) >= 11 is 0. The van der Waals surface area contributed by atoms with E-state index in [1.165, 1.54) is 0 Å². The molecular formula is C25H42N2O5. The molecule has 0 spiro atoms. The van der Waals surface area contributed by atoms with Crippen molar-refractivity contribution in [2.24, 2.45) is 5.92 Å². The number of carbonyl (C=O) groups excluding carboxylic acids is 2. The summed E-state index contributed by atoms with van der Waals surface area (Å²) in [5, 5.41) is 12.7. The molecule has 2 fully saturated rings. The maximum atomic E-state index is 13.2. The van der Waals surface area contributed by atoms with Crippen LogP contribution in [0.2, 0.25) is 0 Å². The highest BCUT2D eigenvalue weighted by atomic mass is 16.5. The molecule has 0 aromatic rings. The quantitative estimate of drug-likeness (QED) is 0.385. The Morgan fingerprint density at radius 2 is 1.91 bits per heavy atom. The number of allylic oxidation sites excluding steroid dienone is 3. The predicted molar refractivity (Wildman–Crippen MR) is 126 cm³/mol. The third-order valence-electron chi connectivity index (χ3n) is 6.17. The molecule has 1 amide bonds. The highest BCUT2D eigenvalue weighted by molar-refractivity contribution is 5.88. The van der Waals surface area contributed by atoms with Gasteiger partial charge < -0.3 is 14.7 Å². The van der Waals surface area contributed by atoms with E-state index in [2.05, 4.69) is 18.8 Å². The zero-order valence-electron chi connectivity index (χ0n) is 20.2. The van der Waals surface area contributed by atoms with Crippen molar-refractivity contribution in [3.05, 3.63) is 24.8 Å². The molecule has 0 bridgehead atoms. The van der Waals surface area contributed by atoms with Gasteiger partial charge in [0.2, 0.25) is 5.91 Å². The molecule has 1 heterocycles. The number of rotatable bonds is 10. The zero-order valence-corrected chi connectivity index (χ0v) is 20.2. The van der Waals surface area contributed by atoms with Crippen molar-refractivity contribution >= 4 is 17.8 Å². The molecular weight excluding hydrogens is 408 g/mol. The van der Waals surface area contributed by atoms with Crippen LogP contribution in [-0.4, -0.2) is 58.6 Å². The van der Waals surface area contributed by atoms with E-state index < -0.39 is 24.1 Å². The Morgan fingerprint density at radius 3 is 2.47 bits per heavy atom. The maximum Gasteiger partial charge on any atom is 0.326 e. The molecule has 7 nitrogen and oxygen atoms in total. The van der Waals surface area contributed by atoms with Crippen molar-refractivity contribution in [3.63, 3.8) is 0 Å². The second kappa shape index (κ2) is 14.8. The van der Waals surface area contributed by atoms with Crippen molar-refractivity contribution < 1.29 is 24.2 Å². The number of carboxylic acids is 1. The Morgan fingerprint density at radius 1 is 1.25 bits per heavy atom. The van der Waals surface area contributed by atoms with Gasteiger partial charge in [-0.15, -0.1) is 6.58 Å². The summed E-state index contributed by atoms with van der Waals surface area (Å²) in [5.74, 6) is -1.29. The summed E-state index contributed by atoms with van der Waals surface area (Å²) in [6, 6.07) is -2.02. The number of hydrogen-bond acceptors (Lipinski definition) is 5. The van der Waals surface area contributed by atoms with Crippen molar-refractivity contribution in [2.45, 2.75) is 103 Å². The predicted octanol–water partition coefficient (Wildman–Crippen LogP) is 4.08. The van der Waals surface area contributed by atoms with Gasteiger partial charge in [0.15, 0.2) is 0 Å². The fraction of sp³-hybridized carbons (Fsp3) is 0.720. The van der Waals surface area contributed by atoms with Crippen molar-refractivity contribution in [3.8, 4) is 0 Å². The first-order valence-corrected chi connectivity index (χ1v) is 12.0. The first kappa shape index (κ1) is 27.9. The lowest BCUT2D eigenvalue weighted by Crippen LogP contribution is -2.55. The summed E-state index contributed by atoms with van der Waals surface area (Å²) in [4.78, 5) is 38.8. The molecule has 1 aliphatic carbocycles. The summed E-state index contributed by atoms with van der Waals surface area (Å²) in [6.45, 7) is 11.2. The van der Waals surface area contributed by atoms with Crippen LogP contribution in [0.25, 0.3) is 0 Å². The van der Waals surface area contributed by atoms with E-state index in [-0.39, 0.29) is 30.4 Å². The average molecular weight is 451 g/mol. The highest BCUT2D eigenvalue weighted by Crippen LogP contribution is 2.40. The molecule has 0 radical (unpaired) electrons. The smallest absolute Gasteiger partial charge is 0.326 e. The molecule has 1 aliphatic heterocycles. The normalized spacial score (nSPS) is 24.1. The number of carbonyl (C=O) groups is 3. The van der Waals surface area contributed by atoms with Crippen LogP contribution in [0, 0.1) is 5.92 Å². The second-order valence-corrected chi connectivity index (χ2v) is 8.48. The molecule has 2 unspecified atom stereocenters. The van der Waals surface area contributed by atoms with Gasteiger partial charge in [0, 0.05) is 6.04 Å². The van der Waals surface area contributed by atoms with Gasteiger partial charge in [-0.2, -0.15) is 0 Å². The van der Waals surface area contributed by atoms with Gasteiger partial charge in [-0.1, -0.05) is 38.0 Å². The van der Waals surface area contributed by atoms with Gasteiger partial charge in [0.05, 0.1) is 12.6 Å². The van der Waals surface area contributed by atoms with E-state index in [9.17, 15) is 19.5 Å². The summed E-state index contributed by atoms with van der Waals surface area (Å²) in [5.41, 5.74) is 0. The maximum absolute atomic E-state index is 13.2. The van der Waals surface area contributed by atoms with Crippen LogP contribution in [0.5, 0.6) is 0 Å². The van der Waals surface area contributed by atoms with E-state index in [1.807, 2.05) is 25.2 Å². The van der Waals surface area contributed by atoms with Gasteiger partial charge in [0.25, 0.3) is 0 Å². The number of amides is 1. The number of esters is 1. The fourth-order valence-electron chi connectivity index (χ4n) is 4.54. The third kappa shape index (κ3) is 8.08. The second-order valence-electron chi connectivity index (χ2n) is 8.48. The molecule has 32 heavy (non-hydrogen) atoms. The third-order valence-corrected chi connectivity index (χ3v) is 6.17. The minimum absolute atomic E-state index is 0.00401. The topological polar surface area (TPSA) is 95.9 Å². The van der Waals surface area contributed by atoms with E-state index in [1.54, 1.807) is 18.7 Å². The molecule has 5 atom stereocenters. The Balaban J connectivity index is 0.00000118. The summed E-state index contributed by atoms with van der Waals surface area (Å²) in [7, 11) is 0. The lowest BCUT2D eigenvalue weighted by Gasteiger charge is -2.35. The molecule has 0 aromatic carbocycles. The van der Waals surface area contributed by atoms with Crippen LogP contribution in [0.4, 0.5) is 0 Å². The number of likely N-dealkylation sites (tertiary alicyclic amines) is 1. The van der Waals surface area contributed by atoms with Gasteiger partial charge in [-0.05, 0) is 65.2 Å². The number of hydrogen-bond donors (Lipinski definition) is 2. The number of fused-ring (bicyclic) bond motifs is 1. The van der Waals surface area contributed by atoms with Crippen LogP contribution in [-0.2, 0) is 19.1 Å². The fourth-order valence-corrected chi connectivity index (χ4v) is 4.54. The molecule has 2 N–H and O–H groups in total. The minimum atomic E-state index is -0.940. The SMILES string of the molecule is C/C=C/CC[C@@H](N[C@H](C)C(=O)N1C2CCCCC2C[C@H]1C(=O)O)C(=O)OCC.C=CCC. The number of nitrogens with zero attached hydrogens (tertiary/aromatic N) is 1. The highest BCUT2D eigenvalue weighted by Gasteiger charge is 2.48. The van der Waals surface area contributed by atoms with Crippen LogP contribution in [0.15, 0.2) is 24.8 Å². The van der Waals surface area contributed by atoms with Crippen molar-refractivity contribution in [1.82, 2.24) is 10.2 Å². The first-order valence-electron chi connectivity index (χ1n) is 12.0.